The molecule has 0 spiro atoms. The van der Waals surface area contributed by atoms with Gasteiger partial charge in [0.2, 0.25) is 0 Å². The Kier molecular flexibility index (Phi) is 10.7. The van der Waals surface area contributed by atoms with Gasteiger partial charge >= 0.3 is 0 Å². The third kappa shape index (κ3) is 7.99. The first-order chi connectivity index (χ1) is 12.4. The van der Waals surface area contributed by atoms with Crippen LogP contribution in [0.3, 0.4) is 0 Å². The van der Waals surface area contributed by atoms with Crippen LogP contribution < -0.4 is 10.6 Å². The van der Waals surface area contributed by atoms with Crippen molar-refractivity contribution in [3.05, 3.63) is 23.7 Å². The lowest BCUT2D eigenvalue weighted by Gasteiger charge is -2.32. The van der Waals surface area contributed by atoms with Crippen molar-refractivity contribution in [2.75, 3.05) is 39.3 Å². The van der Waals surface area contributed by atoms with E-state index in [-0.39, 0.29) is 30.5 Å². The lowest BCUT2D eigenvalue weighted by atomic mass is 9.97. The molecule has 1 unspecified atom stereocenters. The molecular formula is C20H37IN4O2. The standard InChI is InChI=1S/C20H36N4O2.HI/c1-5-11-24-12-9-17(10-13-24)14-22-19(21-6-2)23-15-20(4,25)18-8-7-16(3)26-18;/h7-8,17,25H,5-6,9-15H2,1-4H3,(H2,21,22,23);1H. The molecule has 0 aliphatic carbocycles. The Hall–Kier alpha value is -0.800. The van der Waals surface area contributed by atoms with E-state index in [0.29, 0.717) is 11.7 Å². The van der Waals surface area contributed by atoms with Crippen molar-refractivity contribution in [3.63, 3.8) is 0 Å². The first-order valence-electron chi connectivity index (χ1n) is 9.98. The maximum atomic E-state index is 10.7. The van der Waals surface area contributed by atoms with Gasteiger partial charge in [-0.3, -0.25) is 0 Å². The molecule has 1 aromatic heterocycles. The molecule has 1 aromatic rings. The zero-order valence-corrected chi connectivity index (χ0v) is 19.6. The van der Waals surface area contributed by atoms with Crippen molar-refractivity contribution in [1.82, 2.24) is 15.5 Å². The number of hydrogen-bond donors (Lipinski definition) is 3. The Balaban J connectivity index is 0.00000364. The lowest BCUT2D eigenvalue weighted by molar-refractivity contribution is 0.0428. The molecule has 2 rings (SSSR count). The molecule has 3 N–H and O–H groups in total. The lowest BCUT2D eigenvalue weighted by Crippen LogP contribution is -2.43. The van der Waals surface area contributed by atoms with Crippen LogP contribution in [0.1, 0.15) is 51.6 Å². The molecule has 1 fully saturated rings. The molecule has 2 heterocycles. The van der Waals surface area contributed by atoms with Crippen molar-refractivity contribution in [1.29, 1.82) is 0 Å². The third-order valence-corrected chi connectivity index (χ3v) is 4.97. The Bertz CT molecular complexity index is 566. The summed E-state index contributed by atoms with van der Waals surface area (Å²) in [6, 6.07) is 3.68. The zero-order valence-electron chi connectivity index (χ0n) is 17.3. The summed E-state index contributed by atoms with van der Waals surface area (Å²) in [5, 5.41) is 17.4. The molecule has 0 saturated carbocycles. The Morgan fingerprint density at radius 3 is 2.56 bits per heavy atom. The number of rotatable bonds is 8. The largest absolute Gasteiger partial charge is 0.463 e. The average Bonchev–Trinajstić information content (AvgIpc) is 3.06. The number of likely N-dealkylation sites (tertiary alicyclic amines) is 1. The van der Waals surface area contributed by atoms with Gasteiger partial charge in [0, 0.05) is 13.1 Å². The van der Waals surface area contributed by atoms with E-state index in [4.69, 9.17) is 4.42 Å². The third-order valence-electron chi connectivity index (χ3n) is 4.97. The minimum Gasteiger partial charge on any atom is -0.463 e. The van der Waals surface area contributed by atoms with Gasteiger partial charge in [0.1, 0.15) is 17.1 Å². The predicted octanol–water partition coefficient (Wildman–Crippen LogP) is 3.09. The predicted molar refractivity (Wildman–Crippen MR) is 122 cm³/mol. The molecule has 1 saturated heterocycles. The highest BCUT2D eigenvalue weighted by Crippen LogP contribution is 2.23. The topological polar surface area (TPSA) is 73.0 Å². The maximum absolute atomic E-state index is 10.7. The van der Waals surface area contributed by atoms with Gasteiger partial charge in [-0.2, -0.15) is 0 Å². The molecule has 0 amide bonds. The van der Waals surface area contributed by atoms with Gasteiger partial charge < -0.3 is 25.1 Å². The van der Waals surface area contributed by atoms with Crippen LogP contribution in [0.5, 0.6) is 0 Å². The zero-order chi connectivity index (χ0) is 19.0. The van der Waals surface area contributed by atoms with Crippen LogP contribution in [-0.4, -0.2) is 55.2 Å². The summed E-state index contributed by atoms with van der Waals surface area (Å²) < 4.78 is 5.56. The van der Waals surface area contributed by atoms with Crippen LogP contribution in [-0.2, 0) is 5.60 Å². The van der Waals surface area contributed by atoms with E-state index in [9.17, 15) is 5.11 Å². The van der Waals surface area contributed by atoms with E-state index in [1.807, 2.05) is 19.1 Å². The van der Waals surface area contributed by atoms with Crippen molar-refractivity contribution in [2.45, 2.75) is 52.6 Å². The summed E-state index contributed by atoms with van der Waals surface area (Å²) in [5.74, 6) is 2.79. The highest BCUT2D eigenvalue weighted by Gasteiger charge is 2.27. The number of aliphatic hydroxyl groups is 1. The van der Waals surface area contributed by atoms with Gasteiger partial charge in [-0.15, -0.1) is 24.0 Å². The second-order valence-corrected chi connectivity index (χ2v) is 7.55. The second-order valence-electron chi connectivity index (χ2n) is 7.55. The Morgan fingerprint density at radius 1 is 1.30 bits per heavy atom. The number of halogens is 1. The van der Waals surface area contributed by atoms with Gasteiger partial charge in [0.05, 0.1) is 6.54 Å². The average molecular weight is 492 g/mol. The monoisotopic (exact) mass is 492 g/mol. The number of hydrogen-bond acceptors (Lipinski definition) is 4. The fraction of sp³-hybridized carbons (Fsp3) is 0.750. The number of nitrogens with one attached hydrogen (secondary N) is 2. The van der Waals surface area contributed by atoms with Gasteiger partial charge in [-0.25, -0.2) is 4.99 Å². The Labute approximate surface area is 181 Å². The van der Waals surface area contributed by atoms with Crippen LogP contribution in [0.4, 0.5) is 0 Å². The summed E-state index contributed by atoms with van der Waals surface area (Å²) >= 11 is 0. The fourth-order valence-electron chi connectivity index (χ4n) is 3.35. The minimum atomic E-state index is -1.11. The molecule has 1 aliphatic heterocycles. The molecular weight excluding hydrogens is 455 g/mol. The van der Waals surface area contributed by atoms with Crippen molar-refractivity contribution in [3.8, 4) is 0 Å². The van der Waals surface area contributed by atoms with Crippen molar-refractivity contribution < 1.29 is 9.52 Å². The molecule has 0 radical (unpaired) electrons. The molecule has 156 valence electrons. The molecule has 1 atom stereocenters. The second kappa shape index (κ2) is 11.9. The first kappa shape index (κ1) is 24.2. The summed E-state index contributed by atoms with van der Waals surface area (Å²) in [6.07, 6.45) is 3.70. The van der Waals surface area contributed by atoms with E-state index < -0.39 is 5.60 Å². The number of aliphatic imine (C=N–C) groups is 1. The molecule has 1 aliphatic rings. The van der Waals surface area contributed by atoms with Crippen LogP contribution in [0.25, 0.3) is 0 Å². The van der Waals surface area contributed by atoms with Gasteiger partial charge in [0.15, 0.2) is 5.96 Å². The Morgan fingerprint density at radius 2 is 2.00 bits per heavy atom. The van der Waals surface area contributed by atoms with Crippen LogP contribution >= 0.6 is 24.0 Å². The van der Waals surface area contributed by atoms with Crippen LogP contribution in [0, 0.1) is 12.8 Å². The smallest absolute Gasteiger partial charge is 0.191 e. The molecule has 0 aromatic carbocycles. The van der Waals surface area contributed by atoms with Gasteiger partial charge in [0.25, 0.3) is 0 Å². The minimum absolute atomic E-state index is 0. The van der Waals surface area contributed by atoms with Crippen LogP contribution in [0.2, 0.25) is 0 Å². The van der Waals surface area contributed by atoms with E-state index in [1.165, 1.54) is 38.9 Å². The van der Waals surface area contributed by atoms with Crippen molar-refractivity contribution in [2.24, 2.45) is 10.9 Å². The number of aryl methyl sites for hydroxylation is 1. The summed E-state index contributed by atoms with van der Waals surface area (Å²) in [7, 11) is 0. The molecule has 6 nitrogen and oxygen atoms in total. The fourth-order valence-corrected chi connectivity index (χ4v) is 3.35. The van der Waals surface area contributed by atoms with Crippen molar-refractivity contribution >= 4 is 29.9 Å². The number of furan rings is 1. The number of piperidine rings is 1. The molecule has 7 heteroatoms. The first-order valence-corrected chi connectivity index (χ1v) is 9.98. The highest BCUT2D eigenvalue weighted by atomic mass is 127. The normalized spacial score (nSPS) is 18.6. The quantitative estimate of drug-likeness (QED) is 0.296. The van der Waals surface area contributed by atoms with E-state index in [1.54, 1.807) is 6.92 Å². The highest BCUT2D eigenvalue weighted by molar-refractivity contribution is 14.0. The molecule has 0 bridgehead atoms. The van der Waals surface area contributed by atoms with Crippen LogP contribution in [0.15, 0.2) is 21.5 Å². The van der Waals surface area contributed by atoms with Gasteiger partial charge in [-0.05, 0) is 77.7 Å². The maximum Gasteiger partial charge on any atom is 0.191 e. The SMILES string of the molecule is CCCN1CCC(CNC(=NCC(C)(O)c2ccc(C)o2)NCC)CC1.I. The summed E-state index contributed by atoms with van der Waals surface area (Å²) in [5.41, 5.74) is -1.11. The van der Waals surface area contributed by atoms with E-state index in [2.05, 4.69) is 34.4 Å². The molecule has 27 heavy (non-hydrogen) atoms. The van der Waals surface area contributed by atoms with E-state index >= 15 is 0 Å². The summed E-state index contributed by atoms with van der Waals surface area (Å²) in [6.45, 7) is 13.5. The number of nitrogens with zero attached hydrogens (tertiary/aromatic N) is 2. The number of guanidine groups is 1. The summed E-state index contributed by atoms with van der Waals surface area (Å²) in [4.78, 5) is 7.13. The van der Waals surface area contributed by atoms with E-state index in [0.717, 1.165) is 24.8 Å². The van der Waals surface area contributed by atoms with Gasteiger partial charge in [-0.1, -0.05) is 6.92 Å².